The van der Waals surface area contributed by atoms with Crippen LogP contribution in [-0.4, -0.2) is 28.3 Å². The molecule has 4 N–H and O–H groups in total. The summed E-state index contributed by atoms with van der Waals surface area (Å²) < 4.78 is 57.9. The van der Waals surface area contributed by atoms with Gasteiger partial charge in [0, 0.05) is 12.1 Å². The lowest BCUT2D eigenvalue weighted by atomic mass is 10.0. The van der Waals surface area contributed by atoms with Crippen LogP contribution in [0.2, 0.25) is 0 Å². The summed E-state index contributed by atoms with van der Waals surface area (Å²) in [4.78, 5) is 15.5. The number of hydrogen-bond acceptors (Lipinski definition) is 5. The van der Waals surface area contributed by atoms with E-state index in [0.717, 1.165) is 24.3 Å². The Balaban J connectivity index is 2.41. The van der Waals surface area contributed by atoms with E-state index < -0.39 is 46.5 Å². The Kier molecular flexibility index (Phi) is 5.59. The number of aromatic nitrogens is 1. The van der Waals surface area contributed by atoms with Crippen LogP contribution in [0.1, 0.15) is 19.4 Å². The van der Waals surface area contributed by atoms with Crippen molar-refractivity contribution in [1.82, 2.24) is 10.3 Å². The standard InChI is InChI=1S/C17H17F4N3O3/c1-16(2,26)8-23-15(25)27-14-12(22)7-11(17(19,20)21)13(24-14)9-3-5-10(18)6-4-9/h3-7,26H,8,22H2,1-2H3,(H,23,25). The maximum Gasteiger partial charge on any atom is 0.418 e. The predicted octanol–water partition coefficient (Wildman–Crippen LogP) is 3.35. The highest BCUT2D eigenvalue weighted by molar-refractivity contribution is 5.74. The van der Waals surface area contributed by atoms with Gasteiger partial charge in [-0.1, -0.05) is 0 Å². The number of alkyl halides is 3. The van der Waals surface area contributed by atoms with Gasteiger partial charge in [-0.05, 0) is 44.2 Å². The van der Waals surface area contributed by atoms with Gasteiger partial charge in [-0.2, -0.15) is 13.2 Å². The molecule has 0 saturated carbocycles. The van der Waals surface area contributed by atoms with E-state index >= 15 is 0 Å². The summed E-state index contributed by atoms with van der Waals surface area (Å²) in [6, 6.07) is 4.76. The number of nitrogens with one attached hydrogen (secondary N) is 1. The van der Waals surface area contributed by atoms with Crippen LogP contribution in [0.25, 0.3) is 11.3 Å². The van der Waals surface area contributed by atoms with E-state index in [1.54, 1.807) is 0 Å². The molecule has 1 heterocycles. The molecule has 1 aromatic heterocycles. The molecule has 6 nitrogen and oxygen atoms in total. The molecule has 27 heavy (non-hydrogen) atoms. The average Bonchev–Trinajstić information content (AvgIpc) is 2.54. The number of carbonyl (C=O) groups is 1. The number of rotatable bonds is 4. The third kappa shape index (κ3) is 5.55. The van der Waals surface area contributed by atoms with E-state index in [0.29, 0.717) is 6.07 Å². The first-order valence-corrected chi connectivity index (χ1v) is 7.68. The molecule has 2 aromatic rings. The molecular formula is C17H17F4N3O3. The highest BCUT2D eigenvalue weighted by Gasteiger charge is 2.36. The lowest BCUT2D eigenvalue weighted by Gasteiger charge is -2.18. The first-order valence-electron chi connectivity index (χ1n) is 7.68. The van der Waals surface area contributed by atoms with Gasteiger partial charge in [0.15, 0.2) is 0 Å². The quantitative estimate of drug-likeness (QED) is 0.699. The van der Waals surface area contributed by atoms with Crippen LogP contribution in [-0.2, 0) is 6.18 Å². The SMILES string of the molecule is CC(C)(O)CNC(=O)Oc1nc(-c2ccc(F)cc2)c(C(F)(F)F)cc1N. The number of carbonyl (C=O) groups excluding carboxylic acids is 1. The largest absolute Gasteiger partial charge is 0.418 e. The molecule has 0 radical (unpaired) electrons. The van der Waals surface area contributed by atoms with Gasteiger partial charge in [0.25, 0.3) is 0 Å². The number of benzene rings is 1. The van der Waals surface area contributed by atoms with Crippen LogP contribution in [0.4, 0.5) is 28.0 Å². The fourth-order valence-electron chi connectivity index (χ4n) is 2.05. The van der Waals surface area contributed by atoms with Crippen molar-refractivity contribution >= 4 is 11.8 Å². The van der Waals surface area contributed by atoms with Crippen LogP contribution < -0.4 is 15.8 Å². The van der Waals surface area contributed by atoms with Crippen molar-refractivity contribution in [3.63, 3.8) is 0 Å². The molecule has 1 amide bonds. The Hall–Kier alpha value is -2.88. The molecule has 0 aliphatic rings. The maximum atomic E-state index is 13.3. The van der Waals surface area contributed by atoms with Crippen molar-refractivity contribution in [2.75, 3.05) is 12.3 Å². The lowest BCUT2D eigenvalue weighted by Crippen LogP contribution is -2.39. The third-order valence-electron chi connectivity index (χ3n) is 3.29. The zero-order chi connectivity index (χ0) is 20.4. The van der Waals surface area contributed by atoms with Crippen LogP contribution in [0.15, 0.2) is 30.3 Å². The average molecular weight is 387 g/mol. The maximum absolute atomic E-state index is 13.3. The number of amides is 1. The first-order chi connectivity index (χ1) is 12.4. The molecule has 0 fully saturated rings. The monoisotopic (exact) mass is 387 g/mol. The highest BCUT2D eigenvalue weighted by atomic mass is 19.4. The fourth-order valence-corrected chi connectivity index (χ4v) is 2.05. The summed E-state index contributed by atoms with van der Waals surface area (Å²) in [5.41, 5.74) is 2.05. The van der Waals surface area contributed by atoms with E-state index in [-0.39, 0.29) is 12.1 Å². The minimum atomic E-state index is -4.79. The fraction of sp³-hybridized carbons (Fsp3) is 0.294. The Morgan fingerprint density at radius 1 is 1.26 bits per heavy atom. The number of aliphatic hydroxyl groups is 1. The van der Waals surface area contributed by atoms with Gasteiger partial charge in [-0.15, -0.1) is 0 Å². The van der Waals surface area contributed by atoms with Gasteiger partial charge in [0.05, 0.1) is 22.5 Å². The number of nitrogens with two attached hydrogens (primary N) is 1. The van der Waals surface area contributed by atoms with Crippen molar-refractivity contribution in [3.05, 3.63) is 41.7 Å². The Morgan fingerprint density at radius 3 is 2.37 bits per heavy atom. The van der Waals surface area contributed by atoms with E-state index in [1.165, 1.54) is 13.8 Å². The summed E-state index contributed by atoms with van der Waals surface area (Å²) in [5, 5.41) is 11.8. The summed E-state index contributed by atoms with van der Waals surface area (Å²) in [7, 11) is 0. The van der Waals surface area contributed by atoms with E-state index in [1.807, 2.05) is 0 Å². The second-order valence-electron chi connectivity index (χ2n) is 6.34. The highest BCUT2D eigenvalue weighted by Crippen LogP contribution is 2.39. The second kappa shape index (κ2) is 7.39. The Labute approximate surface area is 152 Å². The van der Waals surface area contributed by atoms with Gasteiger partial charge >= 0.3 is 12.3 Å². The summed E-state index contributed by atoms with van der Waals surface area (Å²) in [6.45, 7) is 2.70. The van der Waals surface area contributed by atoms with Crippen molar-refractivity contribution in [1.29, 1.82) is 0 Å². The number of halogens is 4. The number of ether oxygens (including phenoxy) is 1. The molecule has 1 aromatic carbocycles. The first kappa shape index (κ1) is 20.4. The third-order valence-corrected chi connectivity index (χ3v) is 3.29. The molecule has 0 aliphatic heterocycles. The van der Waals surface area contributed by atoms with E-state index in [4.69, 9.17) is 10.5 Å². The van der Waals surface area contributed by atoms with Crippen LogP contribution >= 0.6 is 0 Å². The van der Waals surface area contributed by atoms with Crippen LogP contribution in [0.3, 0.4) is 0 Å². The van der Waals surface area contributed by atoms with Gasteiger partial charge in [0.1, 0.15) is 5.82 Å². The summed E-state index contributed by atoms with van der Waals surface area (Å²) in [6.07, 6.45) is -5.84. The molecule has 146 valence electrons. The molecule has 0 bridgehead atoms. The van der Waals surface area contributed by atoms with Gasteiger partial charge in [-0.25, -0.2) is 14.2 Å². The number of anilines is 1. The van der Waals surface area contributed by atoms with Crippen molar-refractivity contribution in [2.45, 2.75) is 25.6 Å². The van der Waals surface area contributed by atoms with Crippen molar-refractivity contribution in [2.24, 2.45) is 0 Å². The topological polar surface area (TPSA) is 97.5 Å². The zero-order valence-corrected chi connectivity index (χ0v) is 14.4. The predicted molar refractivity (Wildman–Crippen MR) is 89.4 cm³/mol. The van der Waals surface area contributed by atoms with Crippen molar-refractivity contribution < 1.29 is 32.2 Å². The molecule has 0 saturated heterocycles. The van der Waals surface area contributed by atoms with Crippen molar-refractivity contribution in [3.8, 4) is 17.1 Å². The number of pyridine rings is 1. The number of nitrogens with zero attached hydrogens (tertiary/aromatic N) is 1. The van der Waals surface area contributed by atoms with Gasteiger partial charge < -0.3 is 20.9 Å². The number of nitrogen functional groups attached to an aromatic ring is 1. The normalized spacial score (nSPS) is 12.0. The summed E-state index contributed by atoms with van der Waals surface area (Å²) >= 11 is 0. The molecule has 10 heteroatoms. The Morgan fingerprint density at radius 2 is 1.85 bits per heavy atom. The molecule has 0 unspecified atom stereocenters. The van der Waals surface area contributed by atoms with E-state index in [2.05, 4.69) is 10.3 Å². The molecule has 0 atom stereocenters. The van der Waals surface area contributed by atoms with E-state index in [9.17, 15) is 27.5 Å². The summed E-state index contributed by atoms with van der Waals surface area (Å²) in [5.74, 6) is -1.18. The molecular weight excluding hydrogens is 370 g/mol. The number of hydrogen-bond donors (Lipinski definition) is 3. The molecule has 0 aliphatic carbocycles. The molecule has 2 rings (SSSR count). The second-order valence-corrected chi connectivity index (χ2v) is 6.34. The molecule has 0 spiro atoms. The van der Waals surface area contributed by atoms with Crippen LogP contribution in [0.5, 0.6) is 5.88 Å². The smallest absolute Gasteiger partial charge is 0.394 e. The minimum absolute atomic E-state index is 0.0366. The van der Waals surface area contributed by atoms with Gasteiger partial charge in [0.2, 0.25) is 5.88 Å². The lowest BCUT2D eigenvalue weighted by molar-refractivity contribution is -0.137. The zero-order valence-electron chi connectivity index (χ0n) is 14.4. The van der Waals surface area contributed by atoms with Crippen LogP contribution in [0, 0.1) is 5.82 Å². The van der Waals surface area contributed by atoms with Gasteiger partial charge in [-0.3, -0.25) is 0 Å². The minimum Gasteiger partial charge on any atom is -0.394 e. The Bertz CT molecular complexity index is 831.